The van der Waals surface area contributed by atoms with Crippen LogP contribution in [0.4, 0.5) is 0 Å². The molecule has 186 valence electrons. The van der Waals surface area contributed by atoms with Crippen LogP contribution in [0.2, 0.25) is 0 Å². The summed E-state index contributed by atoms with van der Waals surface area (Å²) < 4.78 is 27.0. The van der Waals surface area contributed by atoms with Gasteiger partial charge in [-0.3, -0.25) is 9.97 Å². The number of carboxylic acid groups (broad SMARTS) is 2. The van der Waals surface area contributed by atoms with E-state index >= 15 is 0 Å². The number of carbonyl (C=O) groups excluding carboxylic acids is 2. The zero-order valence-electron chi connectivity index (χ0n) is 18.2. The van der Waals surface area contributed by atoms with Crippen LogP contribution in [0.15, 0.2) is 78.0 Å². The van der Waals surface area contributed by atoms with Crippen molar-refractivity contribution in [3.8, 4) is 11.4 Å². The fraction of sp³-hybridized carbons (Fsp3) is 0.182. The smallest absolute Gasteiger partial charge is 0.853 e. The van der Waals surface area contributed by atoms with Crippen LogP contribution in [0.3, 0.4) is 0 Å². The van der Waals surface area contributed by atoms with Gasteiger partial charge in [0.2, 0.25) is 0 Å². The molecule has 0 saturated heterocycles. The van der Waals surface area contributed by atoms with Gasteiger partial charge in [-0.15, -0.1) is 6.61 Å². The first-order valence-corrected chi connectivity index (χ1v) is 11.2. The Bertz CT molecular complexity index is 1140. The Balaban J connectivity index is 0.000000395. The van der Waals surface area contributed by atoms with Gasteiger partial charge < -0.3 is 34.9 Å². The van der Waals surface area contributed by atoms with Crippen LogP contribution < -0.4 is 20.6 Å². The second kappa shape index (κ2) is 14.4. The monoisotopic (exact) mass is 679 g/mol. The van der Waals surface area contributed by atoms with Gasteiger partial charge in [0.15, 0.2) is 0 Å². The molecule has 13 heteroatoms. The zero-order chi connectivity index (χ0) is 25.1. The topological polar surface area (TPSA) is 189 Å². The molecular formula is C22H20N4O7PtS. The Morgan fingerprint density at radius 1 is 0.914 bits per heavy atom. The fourth-order valence-electron chi connectivity index (χ4n) is 2.45. The number of aromatic nitrogens is 2. The summed E-state index contributed by atoms with van der Waals surface area (Å²) in [7, 11) is -4.37. The molecule has 3 aromatic rings. The van der Waals surface area contributed by atoms with E-state index in [2.05, 4.69) is 14.7 Å². The minimum Gasteiger partial charge on any atom is -0.853 e. The number of carboxylic acids is 2. The van der Waals surface area contributed by atoms with Crippen molar-refractivity contribution >= 4 is 22.0 Å². The quantitative estimate of drug-likeness (QED) is 0.274. The average Bonchev–Trinajstić information content (AvgIpc) is 2.83. The Hall–Kier alpha value is -3.02. The van der Waals surface area contributed by atoms with Gasteiger partial charge in [-0.05, 0) is 49.5 Å². The molecule has 0 fully saturated rings. The fourth-order valence-corrected chi connectivity index (χ4v) is 3.48. The molecule has 2 aromatic heterocycles. The summed E-state index contributed by atoms with van der Waals surface area (Å²) in [6, 6.07) is 15.1. The minimum atomic E-state index is -4.37. The molecule has 0 aliphatic heterocycles. The van der Waals surface area contributed by atoms with Crippen LogP contribution >= 0.6 is 0 Å². The molecule has 2 atom stereocenters. The van der Waals surface area contributed by atoms with Gasteiger partial charge in [0.25, 0.3) is 0 Å². The van der Waals surface area contributed by atoms with E-state index in [1.807, 2.05) is 36.4 Å². The summed E-state index contributed by atoms with van der Waals surface area (Å²) in [5, 5.41) is 33.8. The minimum absolute atomic E-state index is 0. The van der Waals surface area contributed by atoms with Crippen LogP contribution in [0.5, 0.6) is 0 Å². The van der Waals surface area contributed by atoms with Gasteiger partial charge in [-0.1, -0.05) is 29.8 Å². The average molecular weight is 680 g/mol. The Morgan fingerprint density at radius 3 is 1.80 bits per heavy atom. The van der Waals surface area contributed by atoms with Gasteiger partial charge >= 0.3 is 21.1 Å². The normalized spacial score (nSPS) is 12.3. The summed E-state index contributed by atoms with van der Waals surface area (Å²) in [4.78, 5) is 29.6. The number of nitrogens with zero attached hydrogens (tertiary/aromatic N) is 3. The van der Waals surface area contributed by atoms with Gasteiger partial charge in [-0.2, -0.15) is 0 Å². The third kappa shape index (κ3) is 9.63. The van der Waals surface area contributed by atoms with Crippen LogP contribution in [0.1, 0.15) is 5.56 Å². The molecule has 0 saturated carbocycles. The van der Waals surface area contributed by atoms with Crippen molar-refractivity contribution in [2.45, 2.75) is 24.0 Å². The van der Waals surface area contributed by atoms with E-state index in [1.165, 1.54) is 24.3 Å². The van der Waals surface area contributed by atoms with Crippen LogP contribution in [0.25, 0.3) is 16.1 Å². The Kier molecular flexibility index (Phi) is 12.3. The molecule has 0 aliphatic rings. The summed E-state index contributed by atoms with van der Waals surface area (Å²) in [6.45, 7) is 0.462. The van der Waals surface area contributed by atoms with Gasteiger partial charge in [0, 0.05) is 29.3 Å². The van der Waals surface area contributed by atoms with E-state index in [0.29, 0.717) is 0 Å². The summed E-state index contributed by atoms with van der Waals surface area (Å²) in [5.74, 6) is -3.86. The van der Waals surface area contributed by atoms with E-state index in [1.54, 1.807) is 24.6 Å². The number of carbonyl (C=O) groups is 2. The second-order valence-corrected chi connectivity index (χ2v) is 8.38. The number of benzene rings is 1. The number of rotatable bonds is 9. The predicted octanol–water partition coefficient (Wildman–Crippen LogP) is -1.66. The standard InChI is InChI=1S/C12H14N2O7S.C10H8N2.Pt/c1-7-2-4-8(5-3-7)22(20,21)14-10(12(18)19)13-9(6-15)11(16)17;1-3-7-11-9(5-1)10-6-2-4-8-12-10;/h2-5,9-10,13H,6H2,1H3,(H,16,17)(H,18,19);1-8H;/q-2;;+4/p-2/t9-,10?;;/m1../s1. The molecule has 0 spiro atoms. The molecule has 0 amide bonds. The van der Waals surface area contributed by atoms with Gasteiger partial charge in [0.1, 0.15) is 10.0 Å². The molecule has 2 heterocycles. The number of hydrogen-bond acceptors (Lipinski definition) is 10. The Morgan fingerprint density at radius 2 is 1.43 bits per heavy atom. The van der Waals surface area contributed by atoms with Crippen molar-refractivity contribution < 1.29 is 54.4 Å². The molecule has 1 unspecified atom stereocenters. The summed E-state index contributed by atoms with van der Waals surface area (Å²) >= 11 is 0. The van der Waals surface area contributed by atoms with Crippen molar-refractivity contribution in [2.24, 2.45) is 0 Å². The second-order valence-electron chi connectivity index (χ2n) is 6.75. The molecule has 0 bridgehead atoms. The molecule has 1 N–H and O–H groups in total. The van der Waals surface area contributed by atoms with Crippen molar-refractivity contribution in [3.05, 3.63) is 83.3 Å². The van der Waals surface area contributed by atoms with Crippen LogP contribution in [-0.2, 0) is 40.7 Å². The molecular weight excluding hydrogens is 659 g/mol. The molecule has 1 aromatic carbocycles. The predicted molar refractivity (Wildman–Crippen MR) is 115 cm³/mol. The number of aliphatic carboxylic acids is 2. The van der Waals surface area contributed by atoms with E-state index in [4.69, 9.17) is 0 Å². The van der Waals surface area contributed by atoms with Crippen LogP contribution in [-0.4, -0.2) is 49.1 Å². The van der Waals surface area contributed by atoms with Crippen molar-refractivity contribution in [1.82, 2.24) is 15.3 Å². The first-order chi connectivity index (χ1) is 16.1. The summed E-state index contributed by atoms with van der Waals surface area (Å²) in [5.41, 5.74) is 2.60. The first kappa shape index (κ1) is 30.0. The molecule has 3 rings (SSSR count). The van der Waals surface area contributed by atoms with E-state index < -0.39 is 40.8 Å². The molecule has 11 nitrogen and oxygen atoms in total. The third-order valence-corrected chi connectivity index (χ3v) is 5.54. The first-order valence-electron chi connectivity index (χ1n) is 9.76. The summed E-state index contributed by atoms with van der Waals surface area (Å²) in [6.07, 6.45) is 1.32. The van der Waals surface area contributed by atoms with Crippen LogP contribution in [0, 0.1) is 6.92 Å². The maximum atomic E-state index is 12.0. The van der Waals surface area contributed by atoms with E-state index in [-0.39, 0.29) is 26.0 Å². The van der Waals surface area contributed by atoms with Gasteiger partial charge in [-0.25, -0.2) is 8.42 Å². The Labute approximate surface area is 216 Å². The number of aryl methyl sites for hydroxylation is 1. The van der Waals surface area contributed by atoms with Crippen molar-refractivity contribution in [2.75, 3.05) is 6.61 Å². The number of hydrogen-bond donors (Lipinski definition) is 1. The number of sulfonamides is 1. The van der Waals surface area contributed by atoms with E-state index in [0.717, 1.165) is 17.0 Å². The maximum absolute atomic E-state index is 12.0. The molecule has 35 heavy (non-hydrogen) atoms. The third-order valence-electron chi connectivity index (χ3n) is 4.19. The zero-order valence-corrected chi connectivity index (χ0v) is 21.3. The largest absolute Gasteiger partial charge is 4.00 e. The molecule has 0 radical (unpaired) electrons. The van der Waals surface area contributed by atoms with Crippen molar-refractivity contribution in [3.63, 3.8) is 0 Å². The van der Waals surface area contributed by atoms with Crippen molar-refractivity contribution in [1.29, 1.82) is 0 Å². The van der Waals surface area contributed by atoms with E-state index in [9.17, 15) is 33.3 Å². The molecule has 0 aliphatic carbocycles. The SMILES string of the molecule is Cc1ccc(S(=O)(=O)[N-]C(N[C@H](C[O-])C(=O)[O-])C(=O)[O-])cc1.[Pt+4].c1ccc(-c2ccccn2)nc1. The maximum Gasteiger partial charge on any atom is 4.00 e. The van der Waals surface area contributed by atoms with Gasteiger partial charge in [0.05, 0.1) is 17.4 Å². The number of pyridine rings is 2. The number of nitrogens with one attached hydrogen (secondary N) is 1.